The summed E-state index contributed by atoms with van der Waals surface area (Å²) in [4.78, 5) is 14.5. The molecule has 0 aromatic heterocycles. The zero-order chi connectivity index (χ0) is 16.3. The minimum atomic E-state index is -4.44. The number of carbonyl (C=O) groups is 1. The number of alkyl halides is 3. The topological polar surface area (TPSA) is 32.3 Å². The Labute approximate surface area is 141 Å². The third-order valence-corrected chi connectivity index (χ3v) is 4.48. The molecular weight excluding hydrogens is 408 g/mol. The van der Waals surface area contributed by atoms with E-state index in [1.54, 1.807) is 22.6 Å². The summed E-state index contributed by atoms with van der Waals surface area (Å²) in [7, 11) is 0. The van der Waals surface area contributed by atoms with Crippen molar-refractivity contribution < 1.29 is 18.0 Å². The van der Waals surface area contributed by atoms with Crippen LogP contribution in [0.25, 0.3) is 0 Å². The van der Waals surface area contributed by atoms with Crippen molar-refractivity contribution in [1.82, 2.24) is 10.2 Å². The van der Waals surface area contributed by atoms with Crippen molar-refractivity contribution in [2.45, 2.75) is 32.0 Å². The van der Waals surface area contributed by atoms with Crippen molar-refractivity contribution >= 4 is 28.5 Å². The van der Waals surface area contributed by atoms with Crippen molar-refractivity contribution in [1.29, 1.82) is 0 Å². The van der Waals surface area contributed by atoms with E-state index >= 15 is 0 Å². The lowest BCUT2D eigenvalue weighted by molar-refractivity contribution is -0.137. The lowest BCUT2D eigenvalue weighted by Crippen LogP contribution is -2.44. The van der Waals surface area contributed by atoms with Crippen LogP contribution < -0.4 is 5.32 Å². The average molecular weight is 426 g/mol. The number of likely N-dealkylation sites (tertiary alicyclic amines) is 1. The molecule has 1 aromatic carbocycles. The SMILES string of the molecule is CCN1CCC(NC(=O)c2cc(I)cc(C(F)(F)F)c2)CC1. The van der Waals surface area contributed by atoms with Crippen LogP contribution in [0, 0.1) is 3.57 Å². The van der Waals surface area contributed by atoms with E-state index in [1.165, 1.54) is 6.07 Å². The molecule has 7 heteroatoms. The van der Waals surface area contributed by atoms with Gasteiger partial charge < -0.3 is 10.2 Å². The maximum absolute atomic E-state index is 12.8. The minimum Gasteiger partial charge on any atom is -0.349 e. The number of carbonyl (C=O) groups excluding carboxylic acids is 1. The summed E-state index contributed by atoms with van der Waals surface area (Å²) < 4.78 is 38.8. The van der Waals surface area contributed by atoms with E-state index in [0.717, 1.165) is 44.6 Å². The van der Waals surface area contributed by atoms with Gasteiger partial charge in [0.25, 0.3) is 5.91 Å². The van der Waals surface area contributed by atoms with Crippen LogP contribution >= 0.6 is 22.6 Å². The molecule has 1 amide bonds. The maximum atomic E-state index is 12.8. The van der Waals surface area contributed by atoms with Crippen LogP contribution in [0.2, 0.25) is 0 Å². The highest BCUT2D eigenvalue weighted by Gasteiger charge is 2.32. The van der Waals surface area contributed by atoms with Crippen molar-refractivity contribution in [2.24, 2.45) is 0 Å². The predicted octanol–water partition coefficient (Wildman–Crippen LogP) is 3.52. The van der Waals surface area contributed by atoms with Gasteiger partial charge in [-0.15, -0.1) is 0 Å². The Morgan fingerprint density at radius 2 is 1.95 bits per heavy atom. The zero-order valence-corrected chi connectivity index (χ0v) is 14.4. The van der Waals surface area contributed by atoms with Crippen molar-refractivity contribution in [3.05, 3.63) is 32.9 Å². The number of rotatable bonds is 3. The molecule has 0 saturated carbocycles. The van der Waals surface area contributed by atoms with Gasteiger partial charge in [0.15, 0.2) is 0 Å². The van der Waals surface area contributed by atoms with E-state index in [4.69, 9.17) is 0 Å². The van der Waals surface area contributed by atoms with Crippen LogP contribution in [-0.2, 0) is 6.18 Å². The Morgan fingerprint density at radius 3 is 2.50 bits per heavy atom. The number of nitrogens with one attached hydrogen (secondary N) is 1. The Bertz CT molecular complexity index is 540. The first-order valence-corrected chi connectivity index (χ1v) is 8.28. The van der Waals surface area contributed by atoms with Crippen molar-refractivity contribution in [3.63, 3.8) is 0 Å². The normalized spacial score (nSPS) is 17.5. The number of amides is 1. The van der Waals surface area contributed by atoms with Gasteiger partial charge in [-0.25, -0.2) is 0 Å². The molecule has 0 aliphatic carbocycles. The maximum Gasteiger partial charge on any atom is 0.416 e. The molecule has 0 radical (unpaired) electrons. The quantitative estimate of drug-likeness (QED) is 0.751. The molecule has 1 N–H and O–H groups in total. The summed E-state index contributed by atoms with van der Waals surface area (Å²) in [6.07, 6.45) is -2.78. The fourth-order valence-electron chi connectivity index (χ4n) is 2.55. The molecule has 2 rings (SSSR count). The molecule has 1 heterocycles. The minimum absolute atomic E-state index is 0.0301. The van der Waals surface area contributed by atoms with E-state index < -0.39 is 17.6 Å². The molecule has 22 heavy (non-hydrogen) atoms. The summed E-state index contributed by atoms with van der Waals surface area (Å²) in [5.41, 5.74) is -0.720. The molecule has 122 valence electrons. The number of piperidine rings is 1. The van der Waals surface area contributed by atoms with Gasteiger partial charge in [-0.2, -0.15) is 13.2 Å². The Hall–Kier alpha value is -0.830. The summed E-state index contributed by atoms with van der Waals surface area (Å²) in [6.45, 7) is 4.87. The largest absolute Gasteiger partial charge is 0.416 e. The number of hydrogen-bond donors (Lipinski definition) is 1. The summed E-state index contributed by atoms with van der Waals surface area (Å²) in [5, 5.41) is 2.85. The third kappa shape index (κ3) is 4.58. The molecule has 0 atom stereocenters. The van der Waals surface area contributed by atoms with Crippen LogP contribution in [0.4, 0.5) is 13.2 Å². The second-order valence-electron chi connectivity index (χ2n) is 5.41. The molecule has 3 nitrogen and oxygen atoms in total. The molecule has 1 fully saturated rings. The first kappa shape index (κ1) is 17.5. The van der Waals surface area contributed by atoms with Gasteiger partial charge in [-0.1, -0.05) is 6.92 Å². The van der Waals surface area contributed by atoms with Crippen molar-refractivity contribution in [2.75, 3.05) is 19.6 Å². The summed E-state index contributed by atoms with van der Waals surface area (Å²) in [6, 6.07) is 3.46. The lowest BCUT2D eigenvalue weighted by atomic mass is 10.0. The summed E-state index contributed by atoms with van der Waals surface area (Å²) >= 11 is 1.80. The Balaban J connectivity index is 2.05. The van der Waals surface area contributed by atoms with Gasteiger partial charge >= 0.3 is 6.18 Å². The smallest absolute Gasteiger partial charge is 0.349 e. The Morgan fingerprint density at radius 1 is 1.32 bits per heavy atom. The predicted molar refractivity (Wildman–Crippen MR) is 86.8 cm³/mol. The third-order valence-electron chi connectivity index (χ3n) is 3.86. The molecule has 0 unspecified atom stereocenters. The Kier molecular flexibility index (Phi) is 5.70. The number of halogens is 4. The molecule has 1 saturated heterocycles. The fraction of sp³-hybridized carbons (Fsp3) is 0.533. The average Bonchev–Trinajstić information content (AvgIpc) is 2.46. The number of hydrogen-bond acceptors (Lipinski definition) is 2. The van der Waals surface area contributed by atoms with Gasteiger partial charge in [0, 0.05) is 28.3 Å². The van der Waals surface area contributed by atoms with Crippen molar-refractivity contribution in [3.8, 4) is 0 Å². The van der Waals surface area contributed by atoms with E-state index in [9.17, 15) is 18.0 Å². The van der Waals surface area contributed by atoms with Crippen LogP contribution in [0.5, 0.6) is 0 Å². The highest BCUT2D eigenvalue weighted by atomic mass is 127. The fourth-order valence-corrected chi connectivity index (χ4v) is 3.22. The molecular formula is C15H18F3IN2O. The van der Waals surface area contributed by atoms with E-state index in [0.29, 0.717) is 3.57 Å². The lowest BCUT2D eigenvalue weighted by Gasteiger charge is -2.31. The zero-order valence-electron chi connectivity index (χ0n) is 12.2. The van der Waals surface area contributed by atoms with E-state index in [1.807, 2.05) is 0 Å². The van der Waals surface area contributed by atoms with Crippen LogP contribution in [-0.4, -0.2) is 36.5 Å². The van der Waals surface area contributed by atoms with Gasteiger partial charge in [0.1, 0.15) is 0 Å². The van der Waals surface area contributed by atoms with E-state index in [-0.39, 0.29) is 11.6 Å². The van der Waals surface area contributed by atoms with Crippen LogP contribution in [0.15, 0.2) is 18.2 Å². The van der Waals surface area contributed by atoms with Gasteiger partial charge in [-0.05, 0) is 60.2 Å². The molecule has 1 aliphatic rings. The summed E-state index contributed by atoms with van der Waals surface area (Å²) in [5.74, 6) is -0.432. The highest BCUT2D eigenvalue weighted by Crippen LogP contribution is 2.31. The van der Waals surface area contributed by atoms with E-state index in [2.05, 4.69) is 17.1 Å². The highest BCUT2D eigenvalue weighted by molar-refractivity contribution is 14.1. The van der Waals surface area contributed by atoms with Crippen LogP contribution in [0.3, 0.4) is 0 Å². The molecule has 1 aromatic rings. The standard InChI is InChI=1S/C15H18F3IN2O/c1-2-21-5-3-13(4-6-21)20-14(22)10-7-11(15(16,17)18)9-12(19)8-10/h7-9,13H,2-6H2,1H3,(H,20,22). The first-order valence-electron chi connectivity index (χ1n) is 7.20. The monoisotopic (exact) mass is 426 g/mol. The van der Waals surface area contributed by atoms with Crippen LogP contribution in [0.1, 0.15) is 35.7 Å². The van der Waals surface area contributed by atoms with Gasteiger partial charge in [0.05, 0.1) is 5.56 Å². The number of benzene rings is 1. The second-order valence-corrected chi connectivity index (χ2v) is 6.65. The van der Waals surface area contributed by atoms with Gasteiger partial charge in [0.2, 0.25) is 0 Å². The molecule has 1 aliphatic heterocycles. The first-order chi connectivity index (χ1) is 10.3. The molecule has 0 spiro atoms. The second kappa shape index (κ2) is 7.16. The van der Waals surface area contributed by atoms with Gasteiger partial charge in [-0.3, -0.25) is 4.79 Å². The molecule has 0 bridgehead atoms. The number of nitrogens with zero attached hydrogens (tertiary/aromatic N) is 1.